The lowest BCUT2D eigenvalue weighted by atomic mass is 9.97. The first-order valence-electron chi connectivity index (χ1n) is 18.2. The predicted molar refractivity (Wildman–Crippen MR) is 222 cm³/mol. The lowest BCUT2D eigenvalue weighted by Crippen LogP contribution is -2.07. The van der Waals surface area contributed by atoms with Crippen LogP contribution < -0.4 is 0 Å². The summed E-state index contributed by atoms with van der Waals surface area (Å²) in [6.45, 7) is 0. The standard InChI is InChI=1S/C49H31N5/c1-2-16-35-32(14-1)15-13-22-36(35)33-28-30-34(31-29-33)47-50-48(52-49(51-47)54-44-25-10-5-19-39(44)40-20-6-11-26-45(40)54)41-21-7-12-27-46(41)53-42-23-8-3-17-37(42)38-18-4-9-24-43(38)53/h1-31H. The Morgan fingerprint density at radius 2 is 0.741 bits per heavy atom. The molecule has 5 heteroatoms. The quantitative estimate of drug-likeness (QED) is 0.181. The van der Waals surface area contributed by atoms with E-state index in [2.05, 4.69) is 197 Å². The van der Waals surface area contributed by atoms with E-state index in [0.29, 0.717) is 17.6 Å². The number of rotatable bonds is 5. The summed E-state index contributed by atoms with van der Waals surface area (Å²) < 4.78 is 4.51. The molecule has 54 heavy (non-hydrogen) atoms. The van der Waals surface area contributed by atoms with Gasteiger partial charge in [-0.3, -0.25) is 4.57 Å². The van der Waals surface area contributed by atoms with Crippen molar-refractivity contribution >= 4 is 54.4 Å². The minimum atomic E-state index is 0.572. The van der Waals surface area contributed by atoms with E-state index < -0.39 is 0 Å². The number of aromatic nitrogens is 5. The van der Waals surface area contributed by atoms with Crippen molar-refractivity contribution in [3.8, 4) is 45.5 Å². The van der Waals surface area contributed by atoms with E-state index in [-0.39, 0.29) is 0 Å². The maximum absolute atomic E-state index is 5.33. The highest BCUT2D eigenvalue weighted by Gasteiger charge is 2.21. The van der Waals surface area contributed by atoms with Crippen LogP contribution in [-0.4, -0.2) is 24.1 Å². The fraction of sp³-hybridized carbons (Fsp3) is 0. The summed E-state index contributed by atoms with van der Waals surface area (Å²) in [5.41, 5.74) is 9.53. The maximum atomic E-state index is 5.33. The average molecular weight is 690 g/mol. The van der Waals surface area contributed by atoms with Gasteiger partial charge in [-0.15, -0.1) is 0 Å². The summed E-state index contributed by atoms with van der Waals surface area (Å²) in [6, 6.07) is 66.1. The summed E-state index contributed by atoms with van der Waals surface area (Å²) in [5.74, 6) is 1.79. The molecule has 3 aromatic heterocycles. The van der Waals surface area contributed by atoms with Gasteiger partial charge in [0.1, 0.15) is 0 Å². The van der Waals surface area contributed by atoms with Gasteiger partial charge in [-0.05, 0) is 58.3 Å². The van der Waals surface area contributed by atoms with E-state index >= 15 is 0 Å². The molecule has 5 nitrogen and oxygen atoms in total. The van der Waals surface area contributed by atoms with Crippen molar-refractivity contribution in [3.63, 3.8) is 0 Å². The Kier molecular flexibility index (Phi) is 6.79. The molecule has 8 aromatic carbocycles. The van der Waals surface area contributed by atoms with Gasteiger partial charge in [0, 0.05) is 32.7 Å². The van der Waals surface area contributed by atoms with Crippen molar-refractivity contribution < 1.29 is 0 Å². The van der Waals surface area contributed by atoms with Gasteiger partial charge in [0.25, 0.3) is 0 Å². The molecular weight excluding hydrogens is 659 g/mol. The van der Waals surface area contributed by atoms with E-state index in [1.807, 2.05) is 0 Å². The van der Waals surface area contributed by atoms with E-state index in [1.54, 1.807) is 0 Å². The van der Waals surface area contributed by atoms with Gasteiger partial charge in [0.05, 0.1) is 27.8 Å². The van der Waals surface area contributed by atoms with E-state index in [9.17, 15) is 0 Å². The van der Waals surface area contributed by atoms with Crippen molar-refractivity contribution in [1.82, 2.24) is 24.1 Å². The molecule has 0 unspecified atom stereocenters. The summed E-state index contributed by atoms with van der Waals surface area (Å²) in [6.07, 6.45) is 0. The summed E-state index contributed by atoms with van der Waals surface area (Å²) >= 11 is 0. The van der Waals surface area contributed by atoms with Gasteiger partial charge >= 0.3 is 0 Å². The number of benzene rings is 8. The van der Waals surface area contributed by atoms with E-state index in [1.165, 1.54) is 27.1 Å². The zero-order valence-electron chi connectivity index (χ0n) is 29.1. The van der Waals surface area contributed by atoms with Gasteiger partial charge in [-0.2, -0.15) is 9.97 Å². The lowest BCUT2D eigenvalue weighted by molar-refractivity contribution is 0.951. The molecule has 0 atom stereocenters. The molecule has 0 aliphatic carbocycles. The van der Waals surface area contributed by atoms with Crippen LogP contribution in [0.2, 0.25) is 0 Å². The first-order valence-corrected chi connectivity index (χ1v) is 18.2. The predicted octanol–water partition coefficient (Wildman–Crippen LogP) is 12.2. The topological polar surface area (TPSA) is 48.5 Å². The van der Waals surface area contributed by atoms with Crippen molar-refractivity contribution in [1.29, 1.82) is 0 Å². The van der Waals surface area contributed by atoms with Gasteiger partial charge in [-0.1, -0.05) is 152 Å². The second-order valence-corrected chi connectivity index (χ2v) is 13.6. The zero-order chi connectivity index (χ0) is 35.6. The molecule has 0 fully saturated rings. The van der Waals surface area contributed by atoms with E-state index in [0.717, 1.165) is 55.2 Å². The molecule has 3 heterocycles. The van der Waals surface area contributed by atoms with Gasteiger partial charge in [0.2, 0.25) is 5.95 Å². The molecule has 0 amide bonds. The number of hydrogen-bond donors (Lipinski definition) is 0. The molecule has 0 spiro atoms. The van der Waals surface area contributed by atoms with Crippen LogP contribution in [0.5, 0.6) is 0 Å². The normalized spacial score (nSPS) is 11.7. The number of fused-ring (bicyclic) bond motifs is 7. The molecule has 11 rings (SSSR count). The first-order chi connectivity index (χ1) is 26.8. The third kappa shape index (κ3) is 4.69. The largest absolute Gasteiger partial charge is 0.309 e. The Bertz CT molecular complexity index is 3110. The van der Waals surface area contributed by atoms with Crippen molar-refractivity contribution in [2.75, 3.05) is 0 Å². The van der Waals surface area contributed by atoms with Crippen LogP contribution in [0, 0.1) is 0 Å². The Morgan fingerprint density at radius 3 is 1.37 bits per heavy atom. The minimum Gasteiger partial charge on any atom is -0.309 e. The molecule has 11 aromatic rings. The smallest absolute Gasteiger partial charge is 0.238 e. The van der Waals surface area contributed by atoms with Gasteiger partial charge in [-0.25, -0.2) is 4.98 Å². The molecule has 0 aliphatic heterocycles. The highest BCUT2D eigenvalue weighted by Crippen LogP contribution is 2.37. The highest BCUT2D eigenvalue weighted by molar-refractivity contribution is 6.10. The number of para-hydroxylation sites is 5. The second kappa shape index (κ2) is 12.1. The zero-order valence-corrected chi connectivity index (χ0v) is 29.1. The number of nitrogens with zero attached hydrogens (tertiary/aromatic N) is 5. The molecule has 0 bridgehead atoms. The van der Waals surface area contributed by atoms with Crippen LogP contribution in [0.3, 0.4) is 0 Å². The van der Waals surface area contributed by atoms with Crippen molar-refractivity contribution in [3.05, 3.63) is 188 Å². The van der Waals surface area contributed by atoms with Gasteiger partial charge < -0.3 is 4.57 Å². The number of hydrogen-bond acceptors (Lipinski definition) is 3. The molecule has 252 valence electrons. The summed E-state index contributed by atoms with van der Waals surface area (Å²) in [5, 5.41) is 7.17. The van der Waals surface area contributed by atoms with E-state index in [4.69, 9.17) is 15.0 Å². The average Bonchev–Trinajstić information content (AvgIpc) is 3.76. The van der Waals surface area contributed by atoms with Crippen LogP contribution in [0.4, 0.5) is 0 Å². The molecule has 0 radical (unpaired) electrons. The van der Waals surface area contributed by atoms with Crippen molar-refractivity contribution in [2.45, 2.75) is 0 Å². The van der Waals surface area contributed by atoms with Gasteiger partial charge in [0.15, 0.2) is 11.6 Å². The van der Waals surface area contributed by atoms with Crippen LogP contribution in [0.15, 0.2) is 188 Å². The highest BCUT2D eigenvalue weighted by atomic mass is 15.2. The summed E-state index contributed by atoms with van der Waals surface area (Å²) in [7, 11) is 0. The third-order valence-electron chi connectivity index (χ3n) is 10.6. The second-order valence-electron chi connectivity index (χ2n) is 13.6. The van der Waals surface area contributed by atoms with Crippen LogP contribution in [0.1, 0.15) is 0 Å². The Labute approximate surface area is 311 Å². The fourth-order valence-electron chi connectivity index (χ4n) is 8.17. The first kappa shape index (κ1) is 30.3. The molecule has 0 aliphatic rings. The van der Waals surface area contributed by atoms with Crippen LogP contribution in [0.25, 0.3) is 99.9 Å². The van der Waals surface area contributed by atoms with Crippen LogP contribution >= 0.6 is 0 Å². The molecule has 0 N–H and O–H groups in total. The summed E-state index contributed by atoms with van der Waals surface area (Å²) in [4.78, 5) is 15.9. The van der Waals surface area contributed by atoms with Crippen LogP contribution in [-0.2, 0) is 0 Å². The monoisotopic (exact) mass is 689 g/mol. The lowest BCUT2D eigenvalue weighted by Gasteiger charge is -2.15. The Hall–Kier alpha value is -7.37. The minimum absolute atomic E-state index is 0.572. The Balaban J connectivity index is 1.16. The SMILES string of the molecule is c1ccc(-n2c3ccccc3c3ccccc32)c(-c2nc(-c3ccc(-c4cccc5ccccc45)cc3)nc(-n3c4ccccc4c4ccccc43)n2)c1. The Morgan fingerprint density at radius 1 is 0.296 bits per heavy atom. The fourth-order valence-corrected chi connectivity index (χ4v) is 8.17. The maximum Gasteiger partial charge on any atom is 0.238 e. The van der Waals surface area contributed by atoms with Crippen molar-refractivity contribution in [2.24, 2.45) is 0 Å². The molecule has 0 saturated heterocycles. The third-order valence-corrected chi connectivity index (χ3v) is 10.6. The molecule has 0 saturated carbocycles. The molecular formula is C49H31N5.